The van der Waals surface area contributed by atoms with E-state index in [1.54, 1.807) is 19.9 Å². The predicted octanol–water partition coefficient (Wildman–Crippen LogP) is 1.60. The van der Waals surface area contributed by atoms with Crippen LogP contribution in [-0.2, 0) is 14.3 Å². The number of rotatable bonds is 6. The summed E-state index contributed by atoms with van der Waals surface area (Å²) in [6, 6.07) is 5.78. The Kier molecular flexibility index (Phi) is 7.16. The highest BCUT2D eigenvalue weighted by molar-refractivity contribution is 6.00. The average molecular weight is 345 g/mol. The Hall–Kier alpha value is -3.34. The lowest BCUT2D eigenvalue weighted by Gasteiger charge is -2.11. The minimum absolute atomic E-state index is 0.132. The highest BCUT2D eigenvalue weighted by Crippen LogP contribution is 2.20. The molecule has 0 aliphatic heterocycles. The highest BCUT2D eigenvalue weighted by Gasteiger charge is 2.16. The van der Waals surface area contributed by atoms with Crippen LogP contribution >= 0.6 is 0 Å². The fourth-order valence-electron chi connectivity index (χ4n) is 1.83. The molecule has 0 radical (unpaired) electrons. The molecule has 0 spiro atoms. The predicted molar refractivity (Wildman–Crippen MR) is 89.7 cm³/mol. The first-order valence-corrected chi connectivity index (χ1v) is 7.32. The van der Waals surface area contributed by atoms with E-state index in [1.165, 1.54) is 32.4 Å². The number of carbonyl (C=O) groups excluding carboxylic acids is 3. The zero-order valence-electron chi connectivity index (χ0n) is 14.4. The Bertz CT molecular complexity index is 747. The van der Waals surface area contributed by atoms with Gasteiger partial charge in [0.2, 0.25) is 0 Å². The van der Waals surface area contributed by atoms with Crippen molar-refractivity contribution in [3.05, 3.63) is 41.1 Å². The maximum atomic E-state index is 11.9. The second kappa shape index (κ2) is 9.08. The molecule has 8 heteroatoms. The van der Waals surface area contributed by atoms with E-state index in [-0.39, 0.29) is 28.4 Å². The average Bonchev–Trinajstić information content (AvgIpc) is 2.60. The molecule has 0 bridgehead atoms. The summed E-state index contributed by atoms with van der Waals surface area (Å²) in [6.07, 6.45) is 1.15. The third kappa shape index (κ3) is 5.35. The second-order valence-electron chi connectivity index (χ2n) is 5.19. The molecule has 25 heavy (non-hydrogen) atoms. The van der Waals surface area contributed by atoms with Gasteiger partial charge in [-0.25, -0.2) is 9.59 Å². The fraction of sp³-hybridized carbons (Fsp3) is 0.294. The molecule has 0 fully saturated rings. The topological polar surface area (TPSA) is 118 Å². The van der Waals surface area contributed by atoms with Crippen molar-refractivity contribution in [1.29, 1.82) is 5.26 Å². The number of nitriles is 1. The molecule has 0 aliphatic rings. The molecule has 1 aromatic rings. The molecule has 0 saturated heterocycles. The lowest BCUT2D eigenvalue weighted by atomic mass is 10.1. The van der Waals surface area contributed by atoms with Gasteiger partial charge in [-0.15, -0.1) is 0 Å². The van der Waals surface area contributed by atoms with E-state index in [2.05, 4.69) is 20.1 Å². The van der Waals surface area contributed by atoms with Crippen molar-refractivity contribution in [2.45, 2.75) is 19.9 Å². The van der Waals surface area contributed by atoms with E-state index >= 15 is 0 Å². The highest BCUT2D eigenvalue weighted by atomic mass is 16.5. The molecule has 0 saturated carbocycles. The van der Waals surface area contributed by atoms with E-state index < -0.39 is 17.8 Å². The summed E-state index contributed by atoms with van der Waals surface area (Å²) in [7, 11) is 2.44. The molecule has 8 nitrogen and oxygen atoms in total. The molecule has 1 rings (SSSR count). The van der Waals surface area contributed by atoms with Crippen LogP contribution in [0.2, 0.25) is 0 Å². The first-order chi connectivity index (χ1) is 11.8. The lowest BCUT2D eigenvalue weighted by Crippen LogP contribution is -2.31. The Labute approximate surface area is 145 Å². The number of hydrogen-bond donors (Lipinski definition) is 2. The van der Waals surface area contributed by atoms with E-state index in [1.807, 2.05) is 0 Å². The summed E-state index contributed by atoms with van der Waals surface area (Å²) in [5.41, 5.74) is 0.331. The molecule has 1 aromatic carbocycles. The molecule has 0 atom stereocenters. The third-order valence-corrected chi connectivity index (χ3v) is 3.00. The van der Waals surface area contributed by atoms with Gasteiger partial charge in [-0.05, 0) is 32.0 Å². The lowest BCUT2D eigenvalue weighted by molar-refractivity contribution is -0.117. The van der Waals surface area contributed by atoms with Crippen molar-refractivity contribution in [3.8, 4) is 6.07 Å². The van der Waals surface area contributed by atoms with Gasteiger partial charge in [-0.1, -0.05) is 0 Å². The molecule has 0 heterocycles. The maximum absolute atomic E-state index is 11.9. The van der Waals surface area contributed by atoms with Crippen LogP contribution in [0.1, 0.15) is 34.6 Å². The quantitative estimate of drug-likeness (QED) is 0.457. The molecular weight excluding hydrogens is 326 g/mol. The Balaban J connectivity index is 3.22. The van der Waals surface area contributed by atoms with Gasteiger partial charge in [-0.3, -0.25) is 4.79 Å². The first kappa shape index (κ1) is 19.7. The van der Waals surface area contributed by atoms with Crippen molar-refractivity contribution < 1.29 is 23.9 Å². The van der Waals surface area contributed by atoms with Gasteiger partial charge in [0.05, 0.1) is 31.0 Å². The summed E-state index contributed by atoms with van der Waals surface area (Å²) >= 11 is 0. The zero-order chi connectivity index (χ0) is 19.0. The first-order valence-electron chi connectivity index (χ1n) is 7.32. The van der Waals surface area contributed by atoms with Crippen molar-refractivity contribution in [3.63, 3.8) is 0 Å². The van der Waals surface area contributed by atoms with Crippen LogP contribution in [0.25, 0.3) is 0 Å². The molecule has 0 unspecified atom stereocenters. The van der Waals surface area contributed by atoms with Crippen LogP contribution in [0.4, 0.5) is 5.69 Å². The number of benzene rings is 1. The molecule has 2 N–H and O–H groups in total. The number of esters is 2. The summed E-state index contributed by atoms with van der Waals surface area (Å²) in [4.78, 5) is 35.4. The van der Waals surface area contributed by atoms with E-state index in [4.69, 9.17) is 5.26 Å². The van der Waals surface area contributed by atoms with Crippen LogP contribution in [0.5, 0.6) is 0 Å². The third-order valence-electron chi connectivity index (χ3n) is 3.00. The van der Waals surface area contributed by atoms with Gasteiger partial charge in [0.15, 0.2) is 0 Å². The molecule has 132 valence electrons. The fourth-order valence-corrected chi connectivity index (χ4v) is 1.83. The monoisotopic (exact) mass is 345 g/mol. The number of anilines is 1. The van der Waals surface area contributed by atoms with Gasteiger partial charge < -0.3 is 20.1 Å². The van der Waals surface area contributed by atoms with Crippen molar-refractivity contribution >= 4 is 23.5 Å². The number of hydrogen-bond acceptors (Lipinski definition) is 7. The Morgan fingerprint density at radius 2 is 1.80 bits per heavy atom. The normalized spacial score (nSPS) is 10.6. The standard InChI is InChI=1S/C17H19N3O5/c1-10(2)20-15(21)12(8-18)9-19-14-7-11(16(22)24-3)5-6-13(14)17(23)25-4/h5-7,9-10,19H,1-4H3,(H,20,21)/b12-9-. The van der Waals surface area contributed by atoms with Crippen molar-refractivity contribution in [2.24, 2.45) is 0 Å². The largest absolute Gasteiger partial charge is 0.465 e. The number of carbonyl (C=O) groups is 3. The SMILES string of the molecule is COC(=O)c1ccc(C(=O)OC)c(N/C=C(/C#N)C(=O)NC(C)C)c1. The number of nitrogens with one attached hydrogen (secondary N) is 2. The van der Waals surface area contributed by atoms with Gasteiger partial charge in [0.1, 0.15) is 11.6 Å². The smallest absolute Gasteiger partial charge is 0.339 e. The van der Waals surface area contributed by atoms with Crippen molar-refractivity contribution in [1.82, 2.24) is 5.32 Å². The number of nitrogens with zero attached hydrogens (tertiary/aromatic N) is 1. The van der Waals surface area contributed by atoms with Crippen LogP contribution in [-0.4, -0.2) is 38.1 Å². The summed E-state index contributed by atoms with van der Waals surface area (Å²) < 4.78 is 9.31. The molecule has 0 aromatic heterocycles. The Morgan fingerprint density at radius 3 is 2.32 bits per heavy atom. The van der Waals surface area contributed by atoms with Crippen molar-refractivity contribution in [2.75, 3.05) is 19.5 Å². The van der Waals surface area contributed by atoms with E-state index in [0.29, 0.717) is 0 Å². The van der Waals surface area contributed by atoms with Crippen LogP contribution in [0.3, 0.4) is 0 Å². The Morgan fingerprint density at radius 1 is 1.16 bits per heavy atom. The number of ether oxygens (including phenoxy) is 2. The molecule has 1 amide bonds. The van der Waals surface area contributed by atoms with E-state index in [0.717, 1.165) is 6.20 Å². The van der Waals surface area contributed by atoms with Gasteiger partial charge in [0, 0.05) is 12.2 Å². The van der Waals surface area contributed by atoms with E-state index in [9.17, 15) is 14.4 Å². The van der Waals surface area contributed by atoms with Gasteiger partial charge >= 0.3 is 11.9 Å². The molecular formula is C17H19N3O5. The summed E-state index contributed by atoms with van der Waals surface area (Å²) in [6.45, 7) is 3.52. The van der Waals surface area contributed by atoms with Crippen LogP contribution in [0.15, 0.2) is 30.0 Å². The van der Waals surface area contributed by atoms with Gasteiger partial charge in [0.25, 0.3) is 5.91 Å². The number of methoxy groups -OCH3 is 2. The minimum Gasteiger partial charge on any atom is -0.465 e. The zero-order valence-corrected chi connectivity index (χ0v) is 14.4. The maximum Gasteiger partial charge on any atom is 0.339 e. The van der Waals surface area contributed by atoms with Crippen LogP contribution in [0, 0.1) is 11.3 Å². The van der Waals surface area contributed by atoms with Gasteiger partial charge in [-0.2, -0.15) is 5.26 Å². The van der Waals surface area contributed by atoms with Crippen LogP contribution < -0.4 is 10.6 Å². The number of amides is 1. The summed E-state index contributed by atoms with van der Waals surface area (Å²) in [5.74, 6) is -1.80. The second-order valence-corrected chi connectivity index (χ2v) is 5.19. The molecule has 0 aliphatic carbocycles. The minimum atomic E-state index is -0.641. The summed E-state index contributed by atoms with van der Waals surface area (Å²) in [5, 5.41) is 14.4.